The van der Waals surface area contributed by atoms with E-state index in [1.54, 1.807) is 0 Å². The minimum absolute atomic E-state index is 1.22. The molecular weight excluding hydrogens is 74.1 g/mol. The van der Waals surface area contributed by atoms with Gasteiger partial charge >= 0.3 is 0 Å². The second kappa shape index (κ2) is 2.76. The molecule has 0 rings (SSSR count). The largest absolute Gasteiger partial charge is 0.392 e. The summed E-state index contributed by atoms with van der Waals surface area (Å²) in [5.41, 5.74) is 1.22. The molecule has 36 valence electrons. The smallest absolute Gasteiger partial charge is 0.00300 e. The first-order valence-corrected chi connectivity index (χ1v) is 2.12. The van der Waals surface area contributed by atoms with Gasteiger partial charge in [-0.1, -0.05) is 6.08 Å². The van der Waals surface area contributed by atoms with Gasteiger partial charge in [-0.2, -0.15) is 0 Å². The van der Waals surface area contributed by atoms with Gasteiger partial charge in [-0.05, 0) is 13.8 Å². The van der Waals surface area contributed by atoms with Crippen LogP contribution in [0.2, 0.25) is 0 Å². The standard InChI is InChI=1S/C5H11N/c1-4-5(2)6-3/h4,6H,1-3H3/b5-4+. The monoisotopic (exact) mass is 85.1 g/mol. The molecule has 0 unspecified atom stereocenters. The van der Waals surface area contributed by atoms with Crippen molar-refractivity contribution >= 4 is 0 Å². The summed E-state index contributed by atoms with van der Waals surface area (Å²) in [7, 11) is 1.91. The first kappa shape index (κ1) is 5.54. The number of hydrogen-bond donors (Lipinski definition) is 1. The number of nitrogens with one attached hydrogen (secondary N) is 1. The molecule has 0 heterocycles. The van der Waals surface area contributed by atoms with Crippen molar-refractivity contribution in [3.8, 4) is 0 Å². The van der Waals surface area contributed by atoms with Gasteiger partial charge in [-0.25, -0.2) is 0 Å². The van der Waals surface area contributed by atoms with E-state index in [0.717, 1.165) is 0 Å². The van der Waals surface area contributed by atoms with E-state index >= 15 is 0 Å². The molecule has 0 atom stereocenters. The lowest BCUT2D eigenvalue weighted by Crippen LogP contribution is -1.99. The molecular formula is C5H11N. The molecule has 0 bridgehead atoms. The van der Waals surface area contributed by atoms with Crippen LogP contribution in [0.4, 0.5) is 0 Å². The third-order valence-corrected chi connectivity index (χ3v) is 0.827. The molecule has 0 fully saturated rings. The van der Waals surface area contributed by atoms with Crippen LogP contribution in [0.1, 0.15) is 13.8 Å². The Kier molecular flexibility index (Phi) is 2.55. The van der Waals surface area contributed by atoms with Gasteiger partial charge in [0.05, 0.1) is 0 Å². The van der Waals surface area contributed by atoms with E-state index in [9.17, 15) is 0 Å². The van der Waals surface area contributed by atoms with Crippen molar-refractivity contribution in [2.45, 2.75) is 13.8 Å². The zero-order chi connectivity index (χ0) is 4.99. The molecule has 0 aromatic heterocycles. The molecule has 0 aromatic carbocycles. The Morgan fingerprint density at radius 1 is 1.67 bits per heavy atom. The maximum Gasteiger partial charge on any atom is 0.00300 e. The zero-order valence-electron chi connectivity index (χ0n) is 4.58. The van der Waals surface area contributed by atoms with Crippen LogP contribution in [0.15, 0.2) is 11.8 Å². The molecule has 0 aliphatic rings. The fraction of sp³-hybridized carbons (Fsp3) is 0.600. The predicted octanol–water partition coefficient (Wildman–Crippen LogP) is 1.13. The van der Waals surface area contributed by atoms with Crippen LogP contribution in [0.3, 0.4) is 0 Å². The van der Waals surface area contributed by atoms with Crippen LogP contribution in [0.25, 0.3) is 0 Å². The topological polar surface area (TPSA) is 12.0 Å². The normalized spacial score (nSPS) is 11.5. The SMILES string of the molecule is C/C=C(\C)NC. The lowest BCUT2D eigenvalue weighted by Gasteiger charge is -1.91. The Bertz CT molecular complexity index is 55.0. The van der Waals surface area contributed by atoms with Crippen molar-refractivity contribution in [2.24, 2.45) is 0 Å². The summed E-state index contributed by atoms with van der Waals surface area (Å²) < 4.78 is 0. The second-order valence-electron chi connectivity index (χ2n) is 1.22. The third kappa shape index (κ3) is 1.82. The minimum atomic E-state index is 1.22. The van der Waals surface area contributed by atoms with Gasteiger partial charge in [-0.15, -0.1) is 0 Å². The number of hydrogen-bond acceptors (Lipinski definition) is 1. The third-order valence-electron chi connectivity index (χ3n) is 0.827. The average Bonchev–Trinajstić information content (AvgIpc) is 1.65. The van der Waals surface area contributed by atoms with Crippen molar-refractivity contribution < 1.29 is 0 Å². The van der Waals surface area contributed by atoms with Crippen LogP contribution in [0.5, 0.6) is 0 Å². The van der Waals surface area contributed by atoms with Crippen molar-refractivity contribution in [1.29, 1.82) is 0 Å². The van der Waals surface area contributed by atoms with Crippen molar-refractivity contribution in [2.75, 3.05) is 7.05 Å². The maximum atomic E-state index is 2.98. The van der Waals surface area contributed by atoms with Crippen LogP contribution in [-0.4, -0.2) is 7.05 Å². The van der Waals surface area contributed by atoms with E-state index in [4.69, 9.17) is 0 Å². The first-order chi connectivity index (χ1) is 2.81. The molecule has 0 saturated carbocycles. The van der Waals surface area contributed by atoms with Gasteiger partial charge in [0.1, 0.15) is 0 Å². The summed E-state index contributed by atoms with van der Waals surface area (Å²) in [6.45, 7) is 4.03. The van der Waals surface area contributed by atoms with E-state index < -0.39 is 0 Å². The first-order valence-electron chi connectivity index (χ1n) is 2.12. The Balaban J connectivity index is 3.22. The number of allylic oxidation sites excluding steroid dienone is 2. The summed E-state index contributed by atoms with van der Waals surface area (Å²) in [5, 5.41) is 2.98. The average molecular weight is 85.1 g/mol. The van der Waals surface area contributed by atoms with Gasteiger partial charge in [0.2, 0.25) is 0 Å². The van der Waals surface area contributed by atoms with Crippen molar-refractivity contribution in [1.82, 2.24) is 5.32 Å². The lowest BCUT2D eigenvalue weighted by molar-refractivity contribution is 0.985. The molecule has 0 saturated heterocycles. The Labute approximate surface area is 39.1 Å². The second-order valence-corrected chi connectivity index (χ2v) is 1.22. The summed E-state index contributed by atoms with van der Waals surface area (Å²) in [6.07, 6.45) is 2.03. The van der Waals surface area contributed by atoms with Crippen LogP contribution < -0.4 is 5.32 Å². The fourth-order valence-electron chi connectivity index (χ4n) is 0.144. The summed E-state index contributed by atoms with van der Waals surface area (Å²) in [4.78, 5) is 0. The minimum Gasteiger partial charge on any atom is -0.392 e. The van der Waals surface area contributed by atoms with E-state index in [0.29, 0.717) is 0 Å². The predicted molar refractivity (Wildman–Crippen MR) is 28.5 cm³/mol. The molecule has 0 amide bonds. The molecule has 0 spiro atoms. The van der Waals surface area contributed by atoms with Gasteiger partial charge in [-0.3, -0.25) is 0 Å². The van der Waals surface area contributed by atoms with Crippen LogP contribution in [-0.2, 0) is 0 Å². The van der Waals surface area contributed by atoms with Gasteiger partial charge in [0, 0.05) is 12.7 Å². The highest BCUT2D eigenvalue weighted by atomic mass is 14.8. The summed E-state index contributed by atoms with van der Waals surface area (Å²) in [5.74, 6) is 0. The highest BCUT2D eigenvalue weighted by Gasteiger charge is 1.69. The molecule has 1 N–H and O–H groups in total. The van der Waals surface area contributed by atoms with Crippen molar-refractivity contribution in [3.63, 3.8) is 0 Å². The molecule has 0 aromatic rings. The van der Waals surface area contributed by atoms with E-state index in [1.807, 2.05) is 27.0 Å². The molecule has 0 aliphatic carbocycles. The zero-order valence-corrected chi connectivity index (χ0v) is 4.58. The fourth-order valence-corrected chi connectivity index (χ4v) is 0.144. The molecule has 1 heteroatoms. The molecule has 0 aliphatic heterocycles. The Morgan fingerprint density at radius 3 is 2.17 bits per heavy atom. The lowest BCUT2D eigenvalue weighted by atomic mass is 10.5. The van der Waals surface area contributed by atoms with Crippen LogP contribution >= 0.6 is 0 Å². The highest BCUT2D eigenvalue weighted by Crippen LogP contribution is 1.78. The van der Waals surface area contributed by atoms with E-state index in [1.165, 1.54) is 5.70 Å². The van der Waals surface area contributed by atoms with E-state index in [2.05, 4.69) is 5.32 Å². The van der Waals surface area contributed by atoms with Gasteiger partial charge in [0.15, 0.2) is 0 Å². The quantitative estimate of drug-likeness (QED) is 0.503. The molecule has 1 nitrogen and oxygen atoms in total. The van der Waals surface area contributed by atoms with Crippen molar-refractivity contribution in [3.05, 3.63) is 11.8 Å². The van der Waals surface area contributed by atoms with Gasteiger partial charge in [0.25, 0.3) is 0 Å². The van der Waals surface area contributed by atoms with E-state index in [-0.39, 0.29) is 0 Å². The molecule has 0 radical (unpaired) electrons. The maximum absolute atomic E-state index is 2.98. The highest BCUT2D eigenvalue weighted by molar-refractivity contribution is 4.90. The molecule has 6 heavy (non-hydrogen) atoms. The summed E-state index contributed by atoms with van der Waals surface area (Å²) in [6, 6.07) is 0. The van der Waals surface area contributed by atoms with Crippen LogP contribution in [0, 0.1) is 0 Å². The summed E-state index contributed by atoms with van der Waals surface area (Å²) >= 11 is 0. The Hall–Kier alpha value is -0.460. The van der Waals surface area contributed by atoms with Gasteiger partial charge < -0.3 is 5.32 Å². The number of rotatable bonds is 1. The Morgan fingerprint density at radius 2 is 2.17 bits per heavy atom.